The van der Waals surface area contributed by atoms with Gasteiger partial charge in [-0.1, -0.05) is 30.3 Å². The summed E-state index contributed by atoms with van der Waals surface area (Å²) in [4.78, 5) is 26.2. The zero-order valence-electron chi connectivity index (χ0n) is 17.6. The van der Waals surface area contributed by atoms with Crippen LogP contribution in [-0.2, 0) is 29.0 Å². The lowest BCUT2D eigenvalue weighted by molar-refractivity contribution is -0.133. The van der Waals surface area contributed by atoms with E-state index in [9.17, 15) is 9.59 Å². The molecule has 0 bridgehead atoms. The fourth-order valence-corrected chi connectivity index (χ4v) is 4.43. The Balaban J connectivity index is 1.24. The largest absolute Gasteiger partial charge is 0.353 e. The second-order valence-corrected chi connectivity index (χ2v) is 8.38. The summed E-state index contributed by atoms with van der Waals surface area (Å²) in [6.45, 7) is 2.37. The predicted molar refractivity (Wildman–Crippen MR) is 114 cm³/mol. The molecule has 1 aromatic carbocycles. The van der Waals surface area contributed by atoms with Gasteiger partial charge in [-0.3, -0.25) is 9.59 Å². The molecule has 2 aliphatic rings. The number of fused-ring (bicyclic) bond motifs is 1. The first kappa shape index (κ1) is 20.6. The Morgan fingerprint density at radius 2 is 1.93 bits per heavy atom. The highest BCUT2D eigenvalue weighted by atomic mass is 16.2. The zero-order chi connectivity index (χ0) is 20.8. The van der Waals surface area contributed by atoms with Crippen LogP contribution in [0.2, 0.25) is 0 Å². The van der Waals surface area contributed by atoms with Gasteiger partial charge in [0.2, 0.25) is 11.8 Å². The van der Waals surface area contributed by atoms with Gasteiger partial charge >= 0.3 is 0 Å². The molecule has 0 spiro atoms. The van der Waals surface area contributed by atoms with Crippen LogP contribution in [0.1, 0.15) is 62.2 Å². The number of hydrogen-bond donors (Lipinski definition) is 1. The molecule has 0 radical (unpaired) electrons. The second kappa shape index (κ2) is 9.87. The maximum atomic E-state index is 12.4. The molecule has 3 heterocycles. The Kier molecular flexibility index (Phi) is 6.77. The summed E-state index contributed by atoms with van der Waals surface area (Å²) in [6, 6.07) is 10.5. The van der Waals surface area contributed by atoms with Gasteiger partial charge in [-0.15, -0.1) is 10.2 Å². The molecule has 7 heteroatoms. The zero-order valence-corrected chi connectivity index (χ0v) is 17.6. The molecule has 1 aromatic heterocycles. The number of likely N-dealkylation sites (tertiary alicyclic amines) is 1. The molecule has 2 aromatic rings. The molecule has 7 nitrogen and oxygen atoms in total. The Bertz CT molecular complexity index is 864. The first-order valence-electron chi connectivity index (χ1n) is 11.2. The van der Waals surface area contributed by atoms with Crippen LogP contribution in [0.15, 0.2) is 30.3 Å². The molecule has 2 aliphatic heterocycles. The van der Waals surface area contributed by atoms with Crippen LogP contribution in [-0.4, -0.2) is 50.6 Å². The van der Waals surface area contributed by atoms with Crippen molar-refractivity contribution in [3.8, 4) is 0 Å². The number of amides is 2. The van der Waals surface area contributed by atoms with E-state index in [-0.39, 0.29) is 17.9 Å². The molecule has 2 amide bonds. The van der Waals surface area contributed by atoms with Crippen molar-refractivity contribution in [2.24, 2.45) is 0 Å². The number of aryl methyl sites for hydroxylation is 1. The molecular weight excluding hydrogens is 378 g/mol. The minimum absolute atomic E-state index is 0.0895. The van der Waals surface area contributed by atoms with Crippen LogP contribution in [0.3, 0.4) is 0 Å². The number of nitrogens with zero attached hydrogens (tertiary/aromatic N) is 4. The van der Waals surface area contributed by atoms with Crippen molar-refractivity contribution in [1.82, 2.24) is 25.0 Å². The van der Waals surface area contributed by atoms with Gasteiger partial charge in [0.05, 0.1) is 0 Å². The number of carbonyl (C=O) groups excluding carboxylic acids is 2. The molecule has 1 N–H and O–H groups in total. The van der Waals surface area contributed by atoms with E-state index >= 15 is 0 Å². The molecule has 1 saturated heterocycles. The van der Waals surface area contributed by atoms with Crippen molar-refractivity contribution >= 4 is 11.8 Å². The van der Waals surface area contributed by atoms with E-state index in [1.165, 1.54) is 5.56 Å². The Morgan fingerprint density at radius 3 is 2.77 bits per heavy atom. The molecule has 30 heavy (non-hydrogen) atoms. The highest BCUT2D eigenvalue weighted by Crippen LogP contribution is 2.18. The van der Waals surface area contributed by atoms with Crippen molar-refractivity contribution in [1.29, 1.82) is 0 Å². The van der Waals surface area contributed by atoms with Gasteiger partial charge in [-0.25, -0.2) is 0 Å². The molecule has 0 aliphatic carbocycles. The summed E-state index contributed by atoms with van der Waals surface area (Å²) >= 11 is 0. The SMILES string of the molecule is O=C(CCCN1CCCCC1=O)NC1CCc2nnc(Cc3ccccc3)n2CC1. The van der Waals surface area contributed by atoms with E-state index in [1.807, 2.05) is 23.1 Å². The summed E-state index contributed by atoms with van der Waals surface area (Å²) < 4.78 is 2.22. The van der Waals surface area contributed by atoms with E-state index in [0.29, 0.717) is 19.4 Å². The van der Waals surface area contributed by atoms with Crippen LogP contribution in [0.25, 0.3) is 0 Å². The van der Waals surface area contributed by atoms with E-state index in [1.54, 1.807) is 0 Å². The van der Waals surface area contributed by atoms with Gasteiger partial charge in [0.15, 0.2) is 0 Å². The maximum Gasteiger partial charge on any atom is 0.222 e. The smallest absolute Gasteiger partial charge is 0.222 e. The van der Waals surface area contributed by atoms with Crippen molar-refractivity contribution in [2.75, 3.05) is 13.1 Å². The van der Waals surface area contributed by atoms with Gasteiger partial charge in [0.1, 0.15) is 11.6 Å². The third-order valence-electron chi connectivity index (χ3n) is 6.15. The lowest BCUT2D eigenvalue weighted by Gasteiger charge is -2.26. The highest BCUT2D eigenvalue weighted by molar-refractivity contribution is 5.77. The van der Waals surface area contributed by atoms with Crippen molar-refractivity contribution in [3.05, 3.63) is 47.5 Å². The Morgan fingerprint density at radius 1 is 1.07 bits per heavy atom. The van der Waals surface area contributed by atoms with Crippen molar-refractivity contribution in [3.63, 3.8) is 0 Å². The van der Waals surface area contributed by atoms with Crippen molar-refractivity contribution in [2.45, 2.75) is 70.4 Å². The normalized spacial score (nSPS) is 19.3. The standard InChI is InChI=1S/C23H31N5O2/c29-22(9-6-15-27-14-5-4-10-23(27)30)24-19-11-12-20-25-26-21(28(20)16-13-19)17-18-7-2-1-3-8-18/h1-3,7-8,19H,4-6,9-17H2,(H,24,29). The predicted octanol–water partition coefficient (Wildman–Crippen LogP) is 2.48. The lowest BCUT2D eigenvalue weighted by atomic mass is 10.1. The van der Waals surface area contributed by atoms with Crippen LogP contribution < -0.4 is 5.32 Å². The highest BCUT2D eigenvalue weighted by Gasteiger charge is 2.22. The van der Waals surface area contributed by atoms with Crippen LogP contribution in [0.4, 0.5) is 0 Å². The quantitative estimate of drug-likeness (QED) is 0.762. The van der Waals surface area contributed by atoms with Crippen LogP contribution in [0.5, 0.6) is 0 Å². The lowest BCUT2D eigenvalue weighted by Crippen LogP contribution is -2.38. The fraction of sp³-hybridized carbons (Fsp3) is 0.565. The van der Waals surface area contributed by atoms with E-state index in [2.05, 4.69) is 32.2 Å². The number of aromatic nitrogens is 3. The first-order chi connectivity index (χ1) is 14.7. The minimum atomic E-state index is 0.0895. The summed E-state index contributed by atoms with van der Waals surface area (Å²) in [6.07, 6.45) is 7.33. The third kappa shape index (κ3) is 5.26. The fourth-order valence-electron chi connectivity index (χ4n) is 4.43. The number of hydrogen-bond acceptors (Lipinski definition) is 4. The number of nitrogens with one attached hydrogen (secondary N) is 1. The summed E-state index contributed by atoms with van der Waals surface area (Å²) in [5.41, 5.74) is 1.23. The van der Waals surface area contributed by atoms with Crippen molar-refractivity contribution < 1.29 is 9.59 Å². The van der Waals surface area contributed by atoms with Gasteiger partial charge in [0.25, 0.3) is 0 Å². The average Bonchev–Trinajstić information content (AvgIpc) is 3.01. The molecule has 160 valence electrons. The molecule has 4 rings (SSSR count). The first-order valence-corrected chi connectivity index (χ1v) is 11.2. The molecule has 1 fully saturated rings. The second-order valence-electron chi connectivity index (χ2n) is 8.38. The van der Waals surface area contributed by atoms with Gasteiger partial charge in [0, 0.05) is 51.4 Å². The van der Waals surface area contributed by atoms with Gasteiger partial charge in [-0.2, -0.15) is 0 Å². The summed E-state index contributed by atoms with van der Waals surface area (Å²) in [5.74, 6) is 2.34. The van der Waals surface area contributed by atoms with E-state index < -0.39 is 0 Å². The van der Waals surface area contributed by atoms with E-state index in [0.717, 1.165) is 69.7 Å². The number of benzene rings is 1. The number of rotatable bonds is 7. The maximum absolute atomic E-state index is 12.4. The third-order valence-corrected chi connectivity index (χ3v) is 6.15. The van der Waals surface area contributed by atoms with Crippen LogP contribution in [0, 0.1) is 0 Å². The summed E-state index contributed by atoms with van der Waals surface area (Å²) in [5, 5.41) is 12.0. The number of carbonyl (C=O) groups is 2. The minimum Gasteiger partial charge on any atom is -0.353 e. The molecule has 1 unspecified atom stereocenters. The Hall–Kier alpha value is -2.70. The molecule has 1 atom stereocenters. The summed E-state index contributed by atoms with van der Waals surface area (Å²) in [7, 11) is 0. The van der Waals surface area contributed by atoms with Gasteiger partial charge in [-0.05, 0) is 37.7 Å². The monoisotopic (exact) mass is 409 g/mol. The molecular formula is C23H31N5O2. The Labute approximate surface area is 177 Å². The van der Waals surface area contributed by atoms with Gasteiger partial charge < -0.3 is 14.8 Å². The van der Waals surface area contributed by atoms with Crippen LogP contribution >= 0.6 is 0 Å². The average molecular weight is 410 g/mol. The topological polar surface area (TPSA) is 80.1 Å². The molecule has 0 saturated carbocycles. The van der Waals surface area contributed by atoms with E-state index in [4.69, 9.17) is 0 Å². The number of piperidine rings is 1.